The Labute approximate surface area is 160 Å². The van der Waals surface area contributed by atoms with Gasteiger partial charge in [-0.3, -0.25) is 14.9 Å². The predicted octanol–water partition coefficient (Wildman–Crippen LogP) is 3.96. The molecule has 3 aromatic rings. The third kappa shape index (κ3) is 2.90. The van der Waals surface area contributed by atoms with Gasteiger partial charge in [0.25, 0.3) is 11.6 Å². The first-order chi connectivity index (χ1) is 13.5. The molecule has 0 saturated carbocycles. The van der Waals surface area contributed by atoms with Gasteiger partial charge in [-0.1, -0.05) is 24.3 Å². The molecule has 0 aliphatic carbocycles. The Morgan fingerprint density at radius 2 is 2.00 bits per heavy atom. The summed E-state index contributed by atoms with van der Waals surface area (Å²) in [4.78, 5) is 23.9. The summed E-state index contributed by atoms with van der Waals surface area (Å²) in [5, 5.41) is 20.1. The monoisotopic (exact) mass is 376 g/mol. The molecule has 2 aromatic carbocycles. The van der Waals surface area contributed by atoms with E-state index in [4.69, 9.17) is 4.42 Å². The van der Waals surface area contributed by atoms with E-state index in [2.05, 4.69) is 10.4 Å². The van der Waals surface area contributed by atoms with Crippen LogP contribution in [0.4, 0.5) is 11.4 Å². The molecule has 1 unspecified atom stereocenters. The molecular formula is C20H16N4O4. The minimum absolute atomic E-state index is 0.0678. The average molecular weight is 376 g/mol. The highest BCUT2D eigenvalue weighted by Gasteiger charge is 2.43. The van der Waals surface area contributed by atoms with E-state index >= 15 is 0 Å². The van der Waals surface area contributed by atoms with Crippen LogP contribution < -0.4 is 5.32 Å². The minimum atomic E-state index is -1.14. The lowest BCUT2D eigenvalue weighted by molar-refractivity contribution is -0.385. The van der Waals surface area contributed by atoms with Crippen molar-refractivity contribution in [2.45, 2.75) is 12.6 Å². The number of carbonyl (C=O) groups is 1. The van der Waals surface area contributed by atoms with Gasteiger partial charge in [-0.2, -0.15) is 10.1 Å². The SMILES string of the molecule is CC1(c2cccc([N+](=O)[O-])c2)Nc2ccccc2C(=O)N1N=Cc1ccco1. The average Bonchev–Trinajstić information content (AvgIpc) is 3.21. The highest BCUT2D eigenvalue weighted by molar-refractivity contribution is 6.02. The maximum Gasteiger partial charge on any atom is 0.278 e. The van der Waals surface area contributed by atoms with Crippen molar-refractivity contribution in [3.05, 3.63) is 93.9 Å². The largest absolute Gasteiger partial charge is 0.463 e. The quantitative estimate of drug-likeness (QED) is 0.422. The number of hydrogen-bond donors (Lipinski definition) is 1. The molecule has 1 N–H and O–H groups in total. The Hall–Kier alpha value is -3.94. The van der Waals surface area contributed by atoms with Crippen molar-refractivity contribution in [1.29, 1.82) is 0 Å². The van der Waals surface area contributed by atoms with E-state index in [1.165, 1.54) is 29.6 Å². The van der Waals surface area contributed by atoms with Crippen molar-refractivity contribution in [3.8, 4) is 0 Å². The number of non-ortho nitro benzene ring substituents is 1. The van der Waals surface area contributed by atoms with Gasteiger partial charge in [0.15, 0.2) is 5.66 Å². The number of para-hydroxylation sites is 1. The van der Waals surface area contributed by atoms with Crippen molar-refractivity contribution in [2.24, 2.45) is 5.10 Å². The fourth-order valence-electron chi connectivity index (χ4n) is 3.17. The number of rotatable bonds is 4. The molecule has 0 saturated heterocycles. The smallest absolute Gasteiger partial charge is 0.278 e. The van der Waals surface area contributed by atoms with Crippen LogP contribution in [0, 0.1) is 10.1 Å². The van der Waals surface area contributed by atoms with E-state index in [9.17, 15) is 14.9 Å². The number of nitro groups is 1. The summed E-state index contributed by atoms with van der Waals surface area (Å²) >= 11 is 0. The summed E-state index contributed by atoms with van der Waals surface area (Å²) in [7, 11) is 0. The van der Waals surface area contributed by atoms with Crippen molar-refractivity contribution in [3.63, 3.8) is 0 Å². The number of carbonyl (C=O) groups excluding carboxylic acids is 1. The summed E-state index contributed by atoms with van der Waals surface area (Å²) in [5.74, 6) is 0.152. The molecule has 2 heterocycles. The van der Waals surface area contributed by atoms with Crippen LogP contribution in [0.15, 0.2) is 76.4 Å². The Kier molecular flexibility index (Phi) is 4.15. The number of hydrazone groups is 1. The molecule has 0 fully saturated rings. The first-order valence-electron chi connectivity index (χ1n) is 8.53. The number of benzene rings is 2. The summed E-state index contributed by atoms with van der Waals surface area (Å²) in [6, 6.07) is 16.6. The minimum Gasteiger partial charge on any atom is -0.463 e. The molecular weight excluding hydrogens is 360 g/mol. The van der Waals surface area contributed by atoms with Gasteiger partial charge >= 0.3 is 0 Å². The molecule has 1 aromatic heterocycles. The van der Waals surface area contributed by atoms with Crippen molar-refractivity contribution in [2.75, 3.05) is 5.32 Å². The third-order valence-corrected chi connectivity index (χ3v) is 4.61. The van der Waals surface area contributed by atoms with Gasteiger partial charge in [0.2, 0.25) is 0 Å². The van der Waals surface area contributed by atoms with Crippen LogP contribution in [0.25, 0.3) is 0 Å². The van der Waals surface area contributed by atoms with Gasteiger partial charge in [-0.25, -0.2) is 0 Å². The predicted molar refractivity (Wildman–Crippen MR) is 103 cm³/mol. The lowest BCUT2D eigenvalue weighted by Gasteiger charge is -2.43. The number of amides is 1. The van der Waals surface area contributed by atoms with Gasteiger partial charge in [0.05, 0.1) is 23.0 Å². The van der Waals surface area contributed by atoms with Crippen LogP contribution in [0.5, 0.6) is 0 Å². The zero-order valence-corrected chi connectivity index (χ0v) is 14.9. The van der Waals surface area contributed by atoms with Crippen LogP contribution in [0.3, 0.4) is 0 Å². The van der Waals surface area contributed by atoms with E-state index in [0.717, 1.165) is 0 Å². The first-order valence-corrected chi connectivity index (χ1v) is 8.53. The molecule has 8 nitrogen and oxygen atoms in total. The maximum atomic E-state index is 13.2. The molecule has 4 rings (SSSR count). The van der Waals surface area contributed by atoms with Crippen LogP contribution in [-0.4, -0.2) is 22.1 Å². The fourth-order valence-corrected chi connectivity index (χ4v) is 3.17. The molecule has 1 amide bonds. The highest BCUT2D eigenvalue weighted by Crippen LogP contribution is 2.38. The van der Waals surface area contributed by atoms with Crippen LogP contribution in [-0.2, 0) is 5.66 Å². The summed E-state index contributed by atoms with van der Waals surface area (Å²) in [6.07, 6.45) is 2.94. The third-order valence-electron chi connectivity index (χ3n) is 4.61. The zero-order valence-electron chi connectivity index (χ0n) is 14.9. The standard InChI is InChI=1S/C20H16N4O4/c1-20(14-6-4-7-15(12-14)24(26)27)22-18-10-3-2-9-17(18)19(25)23(20)21-13-16-8-5-11-28-16/h2-13,22H,1H3. The van der Waals surface area contributed by atoms with E-state index in [1.54, 1.807) is 49.4 Å². The second-order valence-corrected chi connectivity index (χ2v) is 6.43. The normalized spacial score (nSPS) is 18.8. The fraction of sp³-hybridized carbons (Fsp3) is 0.100. The zero-order chi connectivity index (χ0) is 19.7. The maximum absolute atomic E-state index is 13.2. The van der Waals surface area contributed by atoms with Gasteiger partial charge in [0.1, 0.15) is 5.76 Å². The molecule has 1 atom stereocenters. The van der Waals surface area contributed by atoms with E-state index < -0.39 is 10.6 Å². The Bertz CT molecular complexity index is 1080. The highest BCUT2D eigenvalue weighted by atomic mass is 16.6. The second kappa shape index (κ2) is 6.66. The van der Waals surface area contributed by atoms with Crippen molar-refractivity contribution >= 4 is 23.5 Å². The number of nitrogens with zero attached hydrogens (tertiary/aromatic N) is 3. The molecule has 0 bridgehead atoms. The van der Waals surface area contributed by atoms with Gasteiger partial charge < -0.3 is 9.73 Å². The van der Waals surface area contributed by atoms with Crippen molar-refractivity contribution in [1.82, 2.24) is 5.01 Å². The van der Waals surface area contributed by atoms with Gasteiger partial charge in [0, 0.05) is 23.4 Å². The molecule has 8 heteroatoms. The number of furan rings is 1. The molecule has 0 radical (unpaired) electrons. The summed E-state index contributed by atoms with van der Waals surface area (Å²) < 4.78 is 5.26. The summed E-state index contributed by atoms with van der Waals surface area (Å²) in [6.45, 7) is 1.75. The topological polar surface area (TPSA) is 101 Å². The van der Waals surface area contributed by atoms with Crippen LogP contribution in [0.1, 0.15) is 28.6 Å². The van der Waals surface area contributed by atoms with Gasteiger partial charge in [-0.05, 0) is 31.2 Å². The molecule has 28 heavy (non-hydrogen) atoms. The van der Waals surface area contributed by atoms with E-state index in [1.807, 2.05) is 6.07 Å². The van der Waals surface area contributed by atoms with Crippen LogP contribution >= 0.6 is 0 Å². The van der Waals surface area contributed by atoms with E-state index in [0.29, 0.717) is 22.6 Å². The Morgan fingerprint density at radius 1 is 1.18 bits per heavy atom. The second-order valence-electron chi connectivity index (χ2n) is 6.43. The number of fused-ring (bicyclic) bond motifs is 1. The first kappa shape index (κ1) is 17.5. The Morgan fingerprint density at radius 3 is 2.75 bits per heavy atom. The van der Waals surface area contributed by atoms with Crippen molar-refractivity contribution < 1.29 is 14.1 Å². The molecule has 1 aliphatic rings. The lowest BCUT2D eigenvalue weighted by Crippen LogP contribution is -2.53. The molecule has 0 spiro atoms. The number of nitro benzene ring substituents is 1. The number of nitrogens with one attached hydrogen (secondary N) is 1. The van der Waals surface area contributed by atoms with Crippen LogP contribution in [0.2, 0.25) is 0 Å². The van der Waals surface area contributed by atoms with Gasteiger partial charge in [-0.15, -0.1) is 0 Å². The molecule has 1 aliphatic heterocycles. The van der Waals surface area contributed by atoms with E-state index in [-0.39, 0.29) is 11.6 Å². The lowest BCUT2D eigenvalue weighted by atomic mass is 9.95. The Balaban J connectivity index is 1.85. The number of hydrogen-bond acceptors (Lipinski definition) is 6. The number of anilines is 1. The summed E-state index contributed by atoms with van der Waals surface area (Å²) in [5.41, 5.74) is 0.413. The molecule has 140 valence electrons.